The quantitative estimate of drug-likeness (QED) is 0.832. The molecule has 0 spiro atoms. The van der Waals surface area contributed by atoms with E-state index in [1.165, 1.54) is 6.42 Å². The van der Waals surface area contributed by atoms with Gasteiger partial charge in [0.2, 0.25) is 5.91 Å². The van der Waals surface area contributed by atoms with Crippen LogP contribution in [0, 0.1) is 5.92 Å². The Morgan fingerprint density at radius 1 is 1.14 bits per heavy atom. The second-order valence-corrected chi connectivity index (χ2v) is 6.62. The molecule has 0 aromatic rings. The Labute approximate surface area is 126 Å². The van der Waals surface area contributed by atoms with Gasteiger partial charge >= 0.3 is 5.97 Å². The van der Waals surface area contributed by atoms with E-state index in [-0.39, 0.29) is 11.9 Å². The normalized spacial score (nSPS) is 29.9. The molecule has 0 aromatic carbocycles. The van der Waals surface area contributed by atoms with Crippen molar-refractivity contribution in [2.75, 3.05) is 0 Å². The van der Waals surface area contributed by atoms with Crippen LogP contribution < -0.4 is 5.73 Å². The molecule has 120 valence electrons. The van der Waals surface area contributed by atoms with Crippen LogP contribution in [0.1, 0.15) is 65.2 Å². The maximum atomic E-state index is 13.0. The van der Waals surface area contributed by atoms with Crippen molar-refractivity contribution < 1.29 is 14.7 Å². The van der Waals surface area contributed by atoms with Crippen molar-refractivity contribution in [2.24, 2.45) is 11.7 Å². The summed E-state index contributed by atoms with van der Waals surface area (Å²) < 4.78 is 0. The number of rotatable bonds is 4. The standard InChI is InChI=1S/C16H28N2O3/c1-3-16(17,4-2)15(21)18-12-8-6-5-7-11(12)9-10-13(18)14(19)20/h11-13H,3-10,17H2,1-2H3,(H,19,20). The summed E-state index contributed by atoms with van der Waals surface area (Å²) in [6.07, 6.45) is 6.86. The first-order valence-corrected chi connectivity index (χ1v) is 8.29. The summed E-state index contributed by atoms with van der Waals surface area (Å²) in [6, 6.07) is -0.625. The van der Waals surface area contributed by atoms with E-state index < -0.39 is 17.6 Å². The second kappa shape index (κ2) is 6.34. The molecule has 0 radical (unpaired) electrons. The Hall–Kier alpha value is -1.10. The molecule has 1 aliphatic carbocycles. The molecule has 1 aliphatic heterocycles. The fourth-order valence-electron chi connectivity index (χ4n) is 3.98. The lowest BCUT2D eigenvalue weighted by Crippen LogP contribution is -2.64. The van der Waals surface area contributed by atoms with Gasteiger partial charge < -0.3 is 15.7 Å². The molecule has 1 heterocycles. The van der Waals surface area contributed by atoms with Crippen LogP contribution in [0.25, 0.3) is 0 Å². The van der Waals surface area contributed by atoms with Crippen molar-refractivity contribution in [1.82, 2.24) is 4.90 Å². The number of carbonyl (C=O) groups is 2. The fourth-order valence-corrected chi connectivity index (χ4v) is 3.98. The molecule has 2 aliphatic rings. The van der Waals surface area contributed by atoms with Gasteiger partial charge in [-0.25, -0.2) is 4.79 Å². The van der Waals surface area contributed by atoms with E-state index in [1.54, 1.807) is 4.90 Å². The van der Waals surface area contributed by atoms with Crippen LogP contribution in [-0.4, -0.2) is 39.5 Å². The minimum atomic E-state index is -0.924. The summed E-state index contributed by atoms with van der Waals surface area (Å²) in [4.78, 5) is 26.3. The minimum Gasteiger partial charge on any atom is -0.480 e. The minimum absolute atomic E-state index is 0.0714. The number of hydrogen-bond acceptors (Lipinski definition) is 3. The van der Waals surface area contributed by atoms with Crippen LogP contribution in [0.3, 0.4) is 0 Å². The first kappa shape index (κ1) is 16.3. The van der Waals surface area contributed by atoms with Crippen molar-refractivity contribution in [3.63, 3.8) is 0 Å². The maximum Gasteiger partial charge on any atom is 0.326 e. The van der Waals surface area contributed by atoms with Gasteiger partial charge in [-0.15, -0.1) is 0 Å². The number of likely N-dealkylation sites (tertiary alicyclic amines) is 1. The molecule has 1 saturated heterocycles. The Bertz CT molecular complexity index is 406. The van der Waals surface area contributed by atoms with E-state index in [4.69, 9.17) is 5.73 Å². The molecule has 5 nitrogen and oxygen atoms in total. The molecule has 0 bridgehead atoms. The molecular weight excluding hydrogens is 268 g/mol. The number of nitrogens with two attached hydrogens (primary N) is 1. The van der Waals surface area contributed by atoms with Crippen LogP contribution in [-0.2, 0) is 9.59 Å². The summed E-state index contributed by atoms with van der Waals surface area (Å²) in [5.74, 6) is -0.588. The van der Waals surface area contributed by atoms with E-state index >= 15 is 0 Å². The SMILES string of the molecule is CCC(N)(CC)C(=O)N1C(C(=O)O)CCC2CCCCC21. The Morgan fingerprint density at radius 2 is 1.76 bits per heavy atom. The average molecular weight is 296 g/mol. The average Bonchev–Trinajstić information content (AvgIpc) is 2.52. The molecule has 1 amide bonds. The topological polar surface area (TPSA) is 83.6 Å². The summed E-state index contributed by atoms with van der Waals surface area (Å²) >= 11 is 0. The number of carboxylic acid groups (broad SMARTS) is 1. The molecule has 2 rings (SSSR count). The second-order valence-electron chi connectivity index (χ2n) is 6.62. The van der Waals surface area contributed by atoms with E-state index in [2.05, 4.69) is 0 Å². The van der Waals surface area contributed by atoms with Crippen LogP contribution in [0.4, 0.5) is 0 Å². The van der Waals surface area contributed by atoms with Gasteiger partial charge in [-0.1, -0.05) is 26.7 Å². The lowest BCUT2D eigenvalue weighted by molar-refractivity contribution is -0.161. The highest BCUT2D eigenvalue weighted by Gasteiger charge is 2.47. The van der Waals surface area contributed by atoms with Gasteiger partial charge in [-0.3, -0.25) is 4.79 Å². The number of carbonyl (C=O) groups excluding carboxylic acids is 1. The van der Waals surface area contributed by atoms with Gasteiger partial charge in [0.05, 0.1) is 5.54 Å². The third-order valence-corrected chi connectivity index (χ3v) is 5.58. The number of fused-ring (bicyclic) bond motifs is 1. The largest absolute Gasteiger partial charge is 0.480 e. The third kappa shape index (κ3) is 2.93. The number of aliphatic carboxylic acids is 1. The van der Waals surface area contributed by atoms with Crippen molar-refractivity contribution in [3.05, 3.63) is 0 Å². The van der Waals surface area contributed by atoms with E-state index in [1.807, 2.05) is 13.8 Å². The summed E-state index contributed by atoms with van der Waals surface area (Å²) in [5, 5.41) is 9.52. The molecule has 3 atom stereocenters. The summed E-state index contributed by atoms with van der Waals surface area (Å²) in [7, 11) is 0. The fraction of sp³-hybridized carbons (Fsp3) is 0.875. The molecule has 1 saturated carbocycles. The zero-order chi connectivity index (χ0) is 15.6. The predicted octanol–water partition coefficient (Wildman–Crippen LogP) is 2.14. The van der Waals surface area contributed by atoms with Gasteiger partial charge in [0, 0.05) is 6.04 Å². The maximum absolute atomic E-state index is 13.0. The molecule has 3 N–H and O–H groups in total. The van der Waals surface area contributed by atoms with E-state index in [9.17, 15) is 14.7 Å². The number of carboxylic acids is 1. The van der Waals surface area contributed by atoms with E-state index in [0.717, 1.165) is 25.7 Å². The zero-order valence-corrected chi connectivity index (χ0v) is 13.2. The van der Waals surface area contributed by atoms with Crippen molar-refractivity contribution in [1.29, 1.82) is 0 Å². The van der Waals surface area contributed by atoms with Crippen LogP contribution in [0.2, 0.25) is 0 Å². The Morgan fingerprint density at radius 3 is 2.33 bits per heavy atom. The van der Waals surface area contributed by atoms with Crippen molar-refractivity contribution in [3.8, 4) is 0 Å². The molecular formula is C16H28N2O3. The first-order chi connectivity index (χ1) is 9.94. The van der Waals surface area contributed by atoms with Gasteiger partial charge in [0.15, 0.2) is 0 Å². The number of piperidine rings is 1. The van der Waals surface area contributed by atoms with Gasteiger partial charge in [-0.05, 0) is 44.4 Å². The van der Waals surface area contributed by atoms with Crippen LogP contribution in [0.15, 0.2) is 0 Å². The molecule has 21 heavy (non-hydrogen) atoms. The zero-order valence-electron chi connectivity index (χ0n) is 13.2. The lowest BCUT2D eigenvalue weighted by Gasteiger charge is -2.49. The van der Waals surface area contributed by atoms with Crippen LogP contribution >= 0.6 is 0 Å². The molecule has 3 unspecified atom stereocenters. The monoisotopic (exact) mass is 296 g/mol. The Kier molecular flexibility index (Phi) is 4.91. The molecule has 5 heteroatoms. The predicted molar refractivity (Wildman–Crippen MR) is 80.8 cm³/mol. The number of hydrogen-bond donors (Lipinski definition) is 2. The number of amides is 1. The first-order valence-electron chi connectivity index (χ1n) is 8.29. The highest BCUT2D eigenvalue weighted by molar-refractivity contribution is 5.90. The smallest absolute Gasteiger partial charge is 0.326 e. The van der Waals surface area contributed by atoms with Crippen molar-refractivity contribution in [2.45, 2.75) is 82.8 Å². The number of nitrogens with zero attached hydrogens (tertiary/aromatic N) is 1. The summed E-state index contributed by atoms with van der Waals surface area (Å²) in [5.41, 5.74) is 5.35. The lowest BCUT2D eigenvalue weighted by atomic mass is 9.75. The summed E-state index contributed by atoms with van der Waals surface area (Å²) in [6.45, 7) is 3.80. The highest BCUT2D eigenvalue weighted by Crippen LogP contribution is 2.39. The van der Waals surface area contributed by atoms with Crippen molar-refractivity contribution >= 4 is 11.9 Å². The third-order valence-electron chi connectivity index (χ3n) is 5.58. The van der Waals surface area contributed by atoms with Crippen LogP contribution in [0.5, 0.6) is 0 Å². The van der Waals surface area contributed by atoms with Gasteiger partial charge in [0.1, 0.15) is 6.04 Å². The highest BCUT2D eigenvalue weighted by atomic mass is 16.4. The molecule has 2 fully saturated rings. The Balaban J connectivity index is 2.32. The van der Waals surface area contributed by atoms with Gasteiger partial charge in [0.25, 0.3) is 0 Å². The van der Waals surface area contributed by atoms with E-state index in [0.29, 0.717) is 25.2 Å². The molecule has 0 aromatic heterocycles. The van der Waals surface area contributed by atoms with Gasteiger partial charge in [-0.2, -0.15) is 0 Å².